The van der Waals surface area contributed by atoms with Gasteiger partial charge in [-0.1, -0.05) is 44.2 Å². The Balaban J connectivity index is 1.95. The van der Waals surface area contributed by atoms with Gasteiger partial charge in [0.05, 0.1) is 5.41 Å². The van der Waals surface area contributed by atoms with Crippen LogP contribution in [0.5, 0.6) is 0 Å². The van der Waals surface area contributed by atoms with Gasteiger partial charge in [0.1, 0.15) is 0 Å². The Hall–Kier alpha value is -1.84. The van der Waals surface area contributed by atoms with Crippen LogP contribution in [0.4, 0.5) is 0 Å². The highest BCUT2D eigenvalue weighted by atomic mass is 16.4. The van der Waals surface area contributed by atoms with Gasteiger partial charge in [-0.2, -0.15) is 0 Å². The van der Waals surface area contributed by atoms with Gasteiger partial charge in [0.2, 0.25) is 5.91 Å². The van der Waals surface area contributed by atoms with Gasteiger partial charge < -0.3 is 10.4 Å². The van der Waals surface area contributed by atoms with Crippen LogP contribution in [-0.4, -0.2) is 23.5 Å². The molecule has 1 saturated carbocycles. The lowest BCUT2D eigenvalue weighted by Crippen LogP contribution is -2.40. The second-order valence-electron chi connectivity index (χ2n) is 6.34. The first-order valence-corrected chi connectivity index (χ1v) is 7.50. The molecule has 1 aliphatic carbocycles. The van der Waals surface area contributed by atoms with E-state index in [2.05, 4.69) is 5.32 Å². The second-order valence-corrected chi connectivity index (χ2v) is 6.34. The first kappa shape index (κ1) is 15.5. The zero-order valence-corrected chi connectivity index (χ0v) is 12.6. The molecule has 1 unspecified atom stereocenters. The second kappa shape index (κ2) is 6.29. The quantitative estimate of drug-likeness (QED) is 0.810. The smallest absolute Gasteiger partial charge is 0.311 e. The number of benzene rings is 1. The Bertz CT molecular complexity index is 506. The van der Waals surface area contributed by atoms with E-state index in [1.807, 2.05) is 44.2 Å². The number of aliphatic carboxylic acids is 1. The Labute approximate surface area is 125 Å². The SMILES string of the molecule is CC(C)C(Cc1ccccc1)C(=O)NCC1(C(=O)O)CC1. The van der Waals surface area contributed by atoms with Crippen LogP contribution in [0.25, 0.3) is 0 Å². The summed E-state index contributed by atoms with van der Waals surface area (Å²) in [6.07, 6.45) is 2.01. The minimum Gasteiger partial charge on any atom is -0.481 e. The first-order valence-electron chi connectivity index (χ1n) is 7.50. The molecule has 0 spiro atoms. The maximum atomic E-state index is 12.4. The predicted molar refractivity (Wildman–Crippen MR) is 80.8 cm³/mol. The van der Waals surface area contributed by atoms with Crippen molar-refractivity contribution in [3.8, 4) is 0 Å². The highest BCUT2D eigenvalue weighted by Gasteiger charge is 2.50. The highest BCUT2D eigenvalue weighted by molar-refractivity contribution is 5.82. The van der Waals surface area contributed by atoms with Gasteiger partial charge >= 0.3 is 5.97 Å². The van der Waals surface area contributed by atoms with Crippen molar-refractivity contribution in [3.05, 3.63) is 35.9 Å². The van der Waals surface area contributed by atoms with E-state index >= 15 is 0 Å². The van der Waals surface area contributed by atoms with Gasteiger partial charge in [0.15, 0.2) is 0 Å². The van der Waals surface area contributed by atoms with Gasteiger partial charge in [-0.05, 0) is 30.7 Å². The van der Waals surface area contributed by atoms with Gasteiger partial charge in [0.25, 0.3) is 0 Å². The topological polar surface area (TPSA) is 66.4 Å². The lowest BCUT2D eigenvalue weighted by Gasteiger charge is -2.21. The Kier molecular flexibility index (Phi) is 4.66. The average molecular weight is 289 g/mol. The lowest BCUT2D eigenvalue weighted by molar-refractivity contribution is -0.143. The molecule has 0 bridgehead atoms. The first-order chi connectivity index (χ1) is 9.94. The van der Waals surface area contributed by atoms with Gasteiger partial charge in [-0.3, -0.25) is 9.59 Å². The molecule has 1 fully saturated rings. The molecule has 4 nitrogen and oxygen atoms in total. The summed E-state index contributed by atoms with van der Waals surface area (Å²) >= 11 is 0. The number of rotatable bonds is 7. The minimum absolute atomic E-state index is 0.0404. The van der Waals surface area contributed by atoms with Crippen LogP contribution in [0.2, 0.25) is 0 Å². The third-order valence-electron chi connectivity index (χ3n) is 4.35. The Morgan fingerprint density at radius 1 is 1.24 bits per heavy atom. The molecule has 0 saturated heterocycles. The van der Waals surface area contributed by atoms with Crippen molar-refractivity contribution < 1.29 is 14.7 Å². The molecule has 4 heteroatoms. The number of carboxylic acid groups (broad SMARTS) is 1. The molecule has 1 aromatic carbocycles. The number of carbonyl (C=O) groups is 2. The summed E-state index contributed by atoms with van der Waals surface area (Å²) in [4.78, 5) is 23.5. The predicted octanol–water partition coefficient (Wildman–Crippen LogP) is 2.48. The van der Waals surface area contributed by atoms with Crippen molar-refractivity contribution in [2.45, 2.75) is 33.1 Å². The summed E-state index contributed by atoms with van der Waals surface area (Å²) < 4.78 is 0. The average Bonchev–Trinajstić information content (AvgIpc) is 3.24. The molecule has 1 aliphatic rings. The van der Waals surface area contributed by atoms with Crippen LogP contribution in [0, 0.1) is 17.3 Å². The fourth-order valence-corrected chi connectivity index (χ4v) is 2.50. The van der Waals surface area contributed by atoms with Crippen molar-refractivity contribution in [2.24, 2.45) is 17.3 Å². The van der Waals surface area contributed by atoms with Crippen LogP contribution < -0.4 is 5.32 Å². The van der Waals surface area contributed by atoms with Crippen LogP contribution >= 0.6 is 0 Å². The van der Waals surface area contributed by atoms with Crippen molar-refractivity contribution in [2.75, 3.05) is 6.54 Å². The zero-order chi connectivity index (χ0) is 15.5. The molecule has 0 aromatic heterocycles. The summed E-state index contributed by atoms with van der Waals surface area (Å²) in [5.74, 6) is -0.754. The van der Waals surface area contributed by atoms with E-state index in [9.17, 15) is 9.59 Å². The molecule has 0 heterocycles. The van der Waals surface area contributed by atoms with E-state index in [4.69, 9.17) is 5.11 Å². The highest BCUT2D eigenvalue weighted by Crippen LogP contribution is 2.45. The van der Waals surface area contributed by atoms with Gasteiger partial charge in [0, 0.05) is 12.5 Å². The number of hydrogen-bond acceptors (Lipinski definition) is 2. The van der Waals surface area contributed by atoms with Crippen LogP contribution in [0.15, 0.2) is 30.3 Å². The maximum Gasteiger partial charge on any atom is 0.311 e. The Morgan fingerprint density at radius 2 is 1.86 bits per heavy atom. The third kappa shape index (κ3) is 3.84. The van der Waals surface area contributed by atoms with E-state index in [1.165, 1.54) is 0 Å². The molecule has 2 N–H and O–H groups in total. The van der Waals surface area contributed by atoms with E-state index in [0.717, 1.165) is 5.56 Å². The molecule has 0 aliphatic heterocycles. The molecule has 1 amide bonds. The summed E-state index contributed by atoms with van der Waals surface area (Å²) in [5, 5.41) is 12.0. The van der Waals surface area contributed by atoms with E-state index in [0.29, 0.717) is 19.3 Å². The fraction of sp³-hybridized carbons (Fsp3) is 0.529. The number of carbonyl (C=O) groups excluding carboxylic acids is 1. The number of amides is 1. The molecule has 1 aromatic rings. The fourth-order valence-electron chi connectivity index (χ4n) is 2.50. The van der Waals surface area contributed by atoms with Crippen LogP contribution in [-0.2, 0) is 16.0 Å². The molecular formula is C17H23NO3. The standard InChI is InChI=1S/C17H23NO3/c1-12(2)14(10-13-6-4-3-5-7-13)15(19)18-11-17(8-9-17)16(20)21/h3-7,12,14H,8-11H2,1-2H3,(H,18,19)(H,20,21). The minimum atomic E-state index is -0.799. The summed E-state index contributed by atoms with van der Waals surface area (Å²) in [6.45, 7) is 4.30. The van der Waals surface area contributed by atoms with Crippen LogP contribution in [0.3, 0.4) is 0 Å². The molecule has 114 valence electrons. The van der Waals surface area contributed by atoms with Gasteiger partial charge in [-0.15, -0.1) is 0 Å². The van der Waals surface area contributed by atoms with Gasteiger partial charge in [-0.25, -0.2) is 0 Å². The van der Waals surface area contributed by atoms with Crippen molar-refractivity contribution >= 4 is 11.9 Å². The van der Waals surface area contributed by atoms with E-state index in [-0.39, 0.29) is 24.3 Å². The monoisotopic (exact) mass is 289 g/mol. The Morgan fingerprint density at radius 3 is 2.33 bits per heavy atom. The number of nitrogens with one attached hydrogen (secondary N) is 1. The normalized spacial score (nSPS) is 17.3. The molecule has 2 rings (SSSR count). The maximum absolute atomic E-state index is 12.4. The largest absolute Gasteiger partial charge is 0.481 e. The summed E-state index contributed by atoms with van der Waals surface area (Å²) in [5.41, 5.74) is 0.426. The van der Waals surface area contributed by atoms with Crippen molar-refractivity contribution in [1.82, 2.24) is 5.32 Å². The molecule has 21 heavy (non-hydrogen) atoms. The lowest BCUT2D eigenvalue weighted by atomic mass is 9.88. The molecule has 1 atom stereocenters. The number of hydrogen-bond donors (Lipinski definition) is 2. The number of carboxylic acids is 1. The summed E-state index contributed by atoms with van der Waals surface area (Å²) in [6, 6.07) is 9.92. The molecular weight excluding hydrogens is 266 g/mol. The van der Waals surface area contributed by atoms with E-state index < -0.39 is 11.4 Å². The zero-order valence-electron chi connectivity index (χ0n) is 12.6. The molecule has 0 radical (unpaired) electrons. The van der Waals surface area contributed by atoms with Crippen LogP contribution in [0.1, 0.15) is 32.3 Å². The van der Waals surface area contributed by atoms with E-state index in [1.54, 1.807) is 0 Å². The van der Waals surface area contributed by atoms with Crippen molar-refractivity contribution in [1.29, 1.82) is 0 Å². The third-order valence-corrected chi connectivity index (χ3v) is 4.35. The summed E-state index contributed by atoms with van der Waals surface area (Å²) in [7, 11) is 0. The van der Waals surface area contributed by atoms with Crippen molar-refractivity contribution in [3.63, 3.8) is 0 Å².